The molecule has 2 saturated carbocycles. The Bertz CT molecular complexity index is 3030. The number of carbonyl (C=O) groups is 1. The number of Topliss-reactive ketones (excluding diaryl/α,β-unsaturated/α-hetero) is 1. The summed E-state index contributed by atoms with van der Waals surface area (Å²) in [7, 11) is 0. The number of rotatable bonds is 15. The fourth-order valence-corrected chi connectivity index (χ4v) is 10.6. The molecular weight excluding hydrogens is 1060 g/mol. The van der Waals surface area contributed by atoms with E-state index >= 15 is 0 Å². The fraction of sp³-hybridized carbons (Fsp3) is 0.453. The summed E-state index contributed by atoms with van der Waals surface area (Å²) < 4.78 is 175. The van der Waals surface area contributed by atoms with Gasteiger partial charge in [-0.15, -0.1) is 0 Å². The second-order valence-electron chi connectivity index (χ2n) is 19.9. The van der Waals surface area contributed by atoms with Crippen LogP contribution in [0, 0.1) is 0 Å². The van der Waals surface area contributed by atoms with E-state index in [-0.39, 0.29) is 68.8 Å². The molecule has 0 spiro atoms. The number of ketones is 1. The van der Waals surface area contributed by atoms with Gasteiger partial charge in [-0.2, -0.15) is 62.9 Å². The Morgan fingerprint density at radius 3 is 1.21 bits per heavy atom. The van der Waals surface area contributed by atoms with Gasteiger partial charge < -0.3 is 19.7 Å². The smallest absolute Gasteiger partial charge is 0.394 e. The molecule has 0 amide bonds. The average Bonchev–Trinajstić information content (AvgIpc) is 4.14. The van der Waals surface area contributed by atoms with E-state index in [4.69, 9.17) is 9.47 Å². The number of hydrogen-bond acceptors (Lipinski definition) is 9. The lowest BCUT2D eigenvalue weighted by Gasteiger charge is -2.46. The number of halogens is 12. The Hall–Kier alpha value is -6.57. The zero-order valence-corrected chi connectivity index (χ0v) is 41.8. The van der Waals surface area contributed by atoms with E-state index in [0.29, 0.717) is 49.9 Å². The highest BCUT2D eigenvalue weighted by Crippen LogP contribution is 2.49. The number of aliphatic hydroxyl groups excluding tert-OH is 2. The van der Waals surface area contributed by atoms with Crippen molar-refractivity contribution in [3.63, 3.8) is 0 Å². The standard InChI is InChI=1S/C27H27F6N3O4.C26H27F6N3O3/c1-17(18-11-20(26(28,29)30)13-21(12-18)27(31,32)33)40-15-24(19-5-3-2-4-6-19)7-9-25(10-8-24,22(38)14-37)36-16-34-35-23(36)39;1-17(18-11-20(25(27,28)29)13-21(12-18)26(30,31)32)38-15-23(19-5-3-2-4-6-19)7-9-24(14-36,10-8-23)35-16-33-34-22(35)37/h2-6,11-13,16-17,37H,7-10,14-15H2,1H3,(H,35,39);2-6,11-13,16-17,36H,7-10,14-15H2,1H3,(H,34,37)/t17-,24?,25?;17-,23?,24?/m11/s1. The summed E-state index contributed by atoms with van der Waals surface area (Å²) in [5.41, 5.74) is -9.25. The van der Waals surface area contributed by atoms with Crippen molar-refractivity contribution in [1.82, 2.24) is 29.5 Å². The lowest BCUT2D eigenvalue weighted by atomic mass is 9.63. The van der Waals surface area contributed by atoms with Crippen LogP contribution in [0.3, 0.4) is 0 Å². The molecule has 78 heavy (non-hydrogen) atoms. The minimum atomic E-state index is -4.99. The van der Waals surface area contributed by atoms with E-state index < -0.39 is 105 Å². The SMILES string of the molecule is C[C@@H](OCC1(c2ccccc2)CCC(C(=O)CO)(n2cn[nH]c2=O)CC1)c1cc(C(F)(F)F)cc(C(F)(F)F)c1.C[C@@H](OCC1(c2ccccc2)CCC(CO)(n2cn[nH]c2=O)CC1)c1cc(C(F)(F)F)cc(C(F)(F)F)c1. The lowest BCUT2D eigenvalue weighted by Crippen LogP contribution is -2.53. The molecule has 422 valence electrons. The number of aromatic amines is 2. The Kier molecular flexibility index (Phi) is 17.2. The van der Waals surface area contributed by atoms with Crippen LogP contribution in [0.15, 0.2) is 119 Å². The van der Waals surface area contributed by atoms with Gasteiger partial charge in [0, 0.05) is 10.8 Å². The molecule has 8 rings (SSSR count). The minimum absolute atomic E-state index is 0.0115. The van der Waals surface area contributed by atoms with E-state index in [9.17, 15) is 77.3 Å². The van der Waals surface area contributed by atoms with Gasteiger partial charge in [-0.1, -0.05) is 60.7 Å². The van der Waals surface area contributed by atoms with Gasteiger partial charge in [0.25, 0.3) is 0 Å². The Morgan fingerprint density at radius 2 is 0.897 bits per heavy atom. The van der Waals surface area contributed by atoms with E-state index in [1.165, 1.54) is 31.1 Å². The number of hydrogen-bond donors (Lipinski definition) is 4. The third-order valence-corrected chi connectivity index (χ3v) is 15.4. The number of ether oxygens (including phenoxy) is 2. The first-order chi connectivity index (χ1) is 36.5. The van der Waals surface area contributed by atoms with Gasteiger partial charge in [-0.3, -0.25) is 13.9 Å². The fourth-order valence-electron chi connectivity index (χ4n) is 10.6. The normalized spacial score (nSPS) is 23.0. The van der Waals surface area contributed by atoms with Crippen LogP contribution in [-0.4, -0.2) is 72.0 Å². The van der Waals surface area contributed by atoms with Crippen molar-refractivity contribution in [3.05, 3.63) is 175 Å². The van der Waals surface area contributed by atoms with Crippen LogP contribution in [0.25, 0.3) is 0 Å². The Balaban J connectivity index is 0.000000226. The molecule has 2 atom stereocenters. The molecule has 2 aliphatic rings. The maximum atomic E-state index is 13.4. The monoisotopic (exact) mass is 1110 g/mol. The van der Waals surface area contributed by atoms with Crippen molar-refractivity contribution < 1.29 is 77.2 Å². The molecule has 0 bridgehead atoms. The molecule has 2 aromatic heterocycles. The van der Waals surface area contributed by atoms with Gasteiger partial charge >= 0.3 is 36.1 Å². The molecule has 0 saturated heterocycles. The van der Waals surface area contributed by atoms with Crippen molar-refractivity contribution in [2.24, 2.45) is 0 Å². The van der Waals surface area contributed by atoms with Gasteiger partial charge in [0.15, 0.2) is 5.78 Å². The van der Waals surface area contributed by atoms with Crippen molar-refractivity contribution in [2.45, 2.75) is 124 Å². The van der Waals surface area contributed by atoms with Crippen molar-refractivity contribution in [1.29, 1.82) is 0 Å². The van der Waals surface area contributed by atoms with Crippen LogP contribution in [-0.2, 0) is 60.9 Å². The summed E-state index contributed by atoms with van der Waals surface area (Å²) in [6.07, 6.45) is -17.2. The van der Waals surface area contributed by atoms with E-state index in [0.717, 1.165) is 15.7 Å². The predicted molar refractivity (Wildman–Crippen MR) is 256 cm³/mol. The summed E-state index contributed by atoms with van der Waals surface area (Å²) in [6.45, 7) is 1.61. The zero-order valence-electron chi connectivity index (χ0n) is 41.8. The molecule has 0 unspecified atom stereocenters. The number of H-pyrrole nitrogens is 2. The number of aromatic nitrogens is 6. The van der Waals surface area contributed by atoms with Crippen LogP contribution < -0.4 is 11.4 Å². The third kappa shape index (κ3) is 12.6. The van der Waals surface area contributed by atoms with Crippen molar-refractivity contribution in [3.8, 4) is 0 Å². The van der Waals surface area contributed by atoms with E-state index in [2.05, 4.69) is 20.4 Å². The second-order valence-corrected chi connectivity index (χ2v) is 19.9. The summed E-state index contributed by atoms with van der Waals surface area (Å²) in [6, 6.07) is 21.1. The van der Waals surface area contributed by atoms with Crippen LogP contribution in [0.1, 0.15) is 122 Å². The Labute approximate surface area is 437 Å². The van der Waals surface area contributed by atoms with Gasteiger partial charge in [0.1, 0.15) is 24.8 Å². The number of alkyl halides is 12. The summed E-state index contributed by atoms with van der Waals surface area (Å²) in [4.78, 5) is 37.5. The topological polar surface area (TPSA) is 177 Å². The minimum Gasteiger partial charge on any atom is -0.394 e. The molecule has 4 aromatic carbocycles. The van der Waals surface area contributed by atoms with Crippen LogP contribution in [0.2, 0.25) is 0 Å². The predicted octanol–water partition coefficient (Wildman–Crippen LogP) is 10.7. The zero-order chi connectivity index (χ0) is 57.1. The van der Waals surface area contributed by atoms with E-state index in [1.807, 2.05) is 42.5 Å². The highest BCUT2D eigenvalue weighted by Gasteiger charge is 2.50. The first-order valence-electron chi connectivity index (χ1n) is 24.4. The summed E-state index contributed by atoms with van der Waals surface area (Å²) in [5.74, 6) is -0.574. The quantitative estimate of drug-likeness (QED) is 0.0729. The maximum Gasteiger partial charge on any atom is 0.416 e. The highest BCUT2D eigenvalue weighted by atomic mass is 19.4. The van der Waals surface area contributed by atoms with Gasteiger partial charge in [0.2, 0.25) is 0 Å². The average molecular weight is 1120 g/mol. The number of aliphatic hydroxyl groups is 2. The van der Waals surface area contributed by atoms with Crippen LogP contribution in [0.4, 0.5) is 52.7 Å². The third-order valence-electron chi connectivity index (χ3n) is 15.4. The van der Waals surface area contributed by atoms with Crippen LogP contribution in [0.5, 0.6) is 0 Å². The first-order valence-corrected chi connectivity index (χ1v) is 24.4. The molecular formula is C53H54F12N6O7. The van der Waals surface area contributed by atoms with Gasteiger partial charge in [-0.25, -0.2) is 19.8 Å². The number of nitrogens with one attached hydrogen (secondary N) is 2. The largest absolute Gasteiger partial charge is 0.416 e. The number of benzene rings is 4. The lowest BCUT2D eigenvalue weighted by molar-refractivity contribution is -0.145. The summed E-state index contributed by atoms with van der Waals surface area (Å²) >= 11 is 0. The highest BCUT2D eigenvalue weighted by molar-refractivity contribution is 5.87. The number of carbonyl (C=O) groups excluding carboxylic acids is 1. The molecule has 0 aliphatic heterocycles. The van der Waals surface area contributed by atoms with Crippen molar-refractivity contribution in [2.75, 3.05) is 26.4 Å². The summed E-state index contributed by atoms with van der Waals surface area (Å²) in [5, 5.41) is 31.9. The molecule has 2 heterocycles. The molecule has 2 aliphatic carbocycles. The molecule has 0 radical (unpaired) electrons. The molecule has 25 heteroatoms. The Morgan fingerprint density at radius 1 is 0.551 bits per heavy atom. The van der Waals surface area contributed by atoms with Gasteiger partial charge in [-0.05, 0) is 124 Å². The van der Waals surface area contributed by atoms with Gasteiger partial charge in [0.05, 0.1) is 59.8 Å². The molecule has 13 nitrogen and oxygen atoms in total. The molecule has 2 fully saturated rings. The van der Waals surface area contributed by atoms with Crippen molar-refractivity contribution >= 4 is 5.78 Å². The maximum absolute atomic E-state index is 13.4. The first kappa shape index (κ1) is 59.1. The number of nitrogens with zero attached hydrogens (tertiary/aromatic N) is 4. The van der Waals surface area contributed by atoms with Crippen LogP contribution >= 0.6 is 0 Å². The van der Waals surface area contributed by atoms with E-state index in [1.54, 1.807) is 18.2 Å². The second kappa shape index (κ2) is 22.7. The molecule has 4 N–H and O–H groups in total. The molecule has 6 aromatic rings.